The molecular formula is C29H38ClN5O5. The summed E-state index contributed by atoms with van der Waals surface area (Å²) in [5.74, 6) is 2.04. The van der Waals surface area contributed by atoms with E-state index in [0.29, 0.717) is 46.9 Å². The van der Waals surface area contributed by atoms with Crippen LogP contribution in [0.5, 0.6) is 5.75 Å². The topological polar surface area (TPSA) is 123 Å². The molecule has 10 nitrogen and oxygen atoms in total. The Morgan fingerprint density at radius 3 is 2.73 bits per heavy atom. The summed E-state index contributed by atoms with van der Waals surface area (Å²) in [4.78, 5) is 23.9. The second-order valence-corrected chi connectivity index (χ2v) is 10.8. The van der Waals surface area contributed by atoms with Crippen molar-refractivity contribution in [2.75, 3.05) is 33.9 Å². The molecule has 4 rings (SSSR count). The Hall–Kier alpha value is -3.21. The van der Waals surface area contributed by atoms with E-state index in [9.17, 15) is 9.90 Å². The van der Waals surface area contributed by atoms with E-state index < -0.39 is 6.10 Å². The van der Waals surface area contributed by atoms with Crippen molar-refractivity contribution in [1.29, 1.82) is 0 Å². The number of benzene rings is 1. The summed E-state index contributed by atoms with van der Waals surface area (Å²) in [6, 6.07) is 5.38. The summed E-state index contributed by atoms with van der Waals surface area (Å²) in [7, 11) is 3.19. The van der Waals surface area contributed by atoms with Crippen LogP contribution < -0.4 is 10.1 Å². The number of nitrogens with zero attached hydrogens (tertiary/aromatic N) is 4. The van der Waals surface area contributed by atoms with E-state index in [-0.39, 0.29) is 18.7 Å². The molecule has 3 atom stereocenters. The number of likely N-dealkylation sites (N-methyl/N-ethyl adjacent to an activating group) is 1. The number of ether oxygens (including phenoxy) is 2. The van der Waals surface area contributed by atoms with Gasteiger partial charge in [-0.25, -0.2) is 14.8 Å². The third kappa shape index (κ3) is 6.56. The molecule has 3 aromatic rings. The van der Waals surface area contributed by atoms with Gasteiger partial charge >= 0.3 is 6.09 Å². The van der Waals surface area contributed by atoms with Gasteiger partial charge in [0.2, 0.25) is 0 Å². The molecule has 0 radical (unpaired) electrons. The van der Waals surface area contributed by atoms with Gasteiger partial charge in [0.25, 0.3) is 0 Å². The number of aromatic nitrogens is 3. The van der Waals surface area contributed by atoms with Gasteiger partial charge in [0.15, 0.2) is 5.82 Å². The molecule has 2 N–H and O–H groups in total. The van der Waals surface area contributed by atoms with Gasteiger partial charge in [-0.2, -0.15) is 0 Å². The van der Waals surface area contributed by atoms with Gasteiger partial charge in [-0.3, -0.25) is 0 Å². The smallest absolute Gasteiger partial charge is 0.409 e. The van der Waals surface area contributed by atoms with Gasteiger partial charge in [0.05, 0.1) is 29.1 Å². The van der Waals surface area contributed by atoms with E-state index in [1.54, 1.807) is 30.1 Å². The Balaban J connectivity index is 1.71. The zero-order chi connectivity index (χ0) is 29.0. The number of aryl methyl sites for hydroxylation is 2. The van der Waals surface area contributed by atoms with Crippen molar-refractivity contribution in [3.05, 3.63) is 45.9 Å². The van der Waals surface area contributed by atoms with Crippen LogP contribution in [0.2, 0.25) is 5.02 Å². The number of likely N-dealkylation sites (tertiary alicyclic amines) is 1. The number of amides is 1. The highest BCUT2D eigenvalue weighted by Gasteiger charge is 2.31. The molecule has 1 aliphatic heterocycles. The van der Waals surface area contributed by atoms with Crippen LogP contribution >= 0.6 is 11.6 Å². The van der Waals surface area contributed by atoms with Crippen molar-refractivity contribution in [3.63, 3.8) is 0 Å². The number of aliphatic hydroxyl groups excluding tert-OH is 1. The average Bonchev–Trinajstić information content (AvgIpc) is 3.26. The second kappa shape index (κ2) is 13.0. The zero-order valence-electron chi connectivity index (χ0n) is 24.0. The summed E-state index contributed by atoms with van der Waals surface area (Å²) in [6.07, 6.45) is 1.47. The molecule has 216 valence electrons. The molecule has 1 amide bonds. The molecule has 1 aliphatic rings. The first-order valence-corrected chi connectivity index (χ1v) is 13.9. The van der Waals surface area contributed by atoms with Gasteiger partial charge in [-0.1, -0.05) is 16.8 Å². The van der Waals surface area contributed by atoms with Gasteiger partial charge in [0.1, 0.15) is 24.2 Å². The molecule has 1 fully saturated rings. The lowest BCUT2D eigenvalue weighted by molar-refractivity contribution is 0.0809. The molecule has 0 unspecified atom stereocenters. The SMILES string of the molecule is CNC[C@@H](O)COc1ccc(Cl)c(-c2nc(C[C@@H]3CCN(C(=O)OC)[C@@H](C)C3)c(C)c(-c3c(C)noc3C)n2)c1. The first-order chi connectivity index (χ1) is 19.1. The van der Waals surface area contributed by atoms with Crippen LogP contribution in [0.1, 0.15) is 42.5 Å². The Morgan fingerprint density at radius 1 is 1.30 bits per heavy atom. The number of carbonyl (C=O) groups is 1. The first kappa shape index (κ1) is 29.8. The van der Waals surface area contributed by atoms with E-state index in [1.807, 2.05) is 20.8 Å². The Labute approximate surface area is 240 Å². The third-order valence-electron chi connectivity index (χ3n) is 7.45. The first-order valence-electron chi connectivity index (χ1n) is 13.5. The molecule has 0 bridgehead atoms. The maximum absolute atomic E-state index is 12.1. The Morgan fingerprint density at radius 2 is 2.08 bits per heavy atom. The Bertz CT molecular complexity index is 1330. The van der Waals surface area contributed by atoms with Crippen LogP contribution in [-0.2, 0) is 11.2 Å². The monoisotopic (exact) mass is 571 g/mol. The average molecular weight is 572 g/mol. The third-order valence-corrected chi connectivity index (χ3v) is 7.78. The van der Waals surface area contributed by atoms with Crippen molar-refractivity contribution in [1.82, 2.24) is 25.3 Å². The van der Waals surface area contributed by atoms with Crippen molar-refractivity contribution < 1.29 is 23.9 Å². The normalized spacial score (nSPS) is 18.1. The van der Waals surface area contributed by atoms with Gasteiger partial charge in [-0.05, 0) is 83.7 Å². The van der Waals surface area contributed by atoms with E-state index >= 15 is 0 Å². The fraction of sp³-hybridized carbons (Fsp3) is 0.517. The number of carbonyl (C=O) groups excluding carboxylic acids is 1. The molecule has 11 heteroatoms. The number of hydrogen-bond donors (Lipinski definition) is 2. The van der Waals surface area contributed by atoms with E-state index in [4.69, 9.17) is 35.6 Å². The van der Waals surface area contributed by atoms with Crippen molar-refractivity contribution in [2.24, 2.45) is 5.92 Å². The summed E-state index contributed by atoms with van der Waals surface area (Å²) >= 11 is 6.67. The number of hydrogen-bond acceptors (Lipinski definition) is 9. The molecule has 1 aromatic carbocycles. The van der Waals surface area contributed by atoms with Crippen molar-refractivity contribution in [2.45, 2.75) is 59.1 Å². The molecule has 3 heterocycles. The Kier molecular flexibility index (Phi) is 9.65. The summed E-state index contributed by atoms with van der Waals surface area (Å²) < 4.78 is 16.3. The largest absolute Gasteiger partial charge is 0.491 e. The van der Waals surface area contributed by atoms with Crippen LogP contribution in [0, 0.1) is 26.7 Å². The minimum Gasteiger partial charge on any atom is -0.491 e. The van der Waals surface area contributed by atoms with E-state index in [2.05, 4.69) is 17.4 Å². The molecular weight excluding hydrogens is 534 g/mol. The van der Waals surface area contributed by atoms with Gasteiger partial charge in [0, 0.05) is 30.4 Å². The molecule has 1 saturated heterocycles. The van der Waals surface area contributed by atoms with E-state index in [0.717, 1.165) is 47.5 Å². The number of halogens is 1. The molecule has 0 spiro atoms. The lowest BCUT2D eigenvalue weighted by Gasteiger charge is -2.36. The predicted molar refractivity (Wildman–Crippen MR) is 153 cm³/mol. The lowest BCUT2D eigenvalue weighted by atomic mass is 9.86. The van der Waals surface area contributed by atoms with Crippen LogP contribution in [0.4, 0.5) is 4.79 Å². The van der Waals surface area contributed by atoms with Gasteiger partial charge < -0.3 is 29.3 Å². The fourth-order valence-electron chi connectivity index (χ4n) is 5.32. The van der Waals surface area contributed by atoms with Crippen molar-refractivity contribution in [3.8, 4) is 28.4 Å². The van der Waals surface area contributed by atoms with E-state index in [1.165, 1.54) is 7.11 Å². The lowest BCUT2D eigenvalue weighted by Crippen LogP contribution is -2.45. The van der Waals surface area contributed by atoms with Gasteiger partial charge in [-0.15, -0.1) is 0 Å². The molecule has 0 saturated carbocycles. The maximum Gasteiger partial charge on any atom is 0.409 e. The second-order valence-electron chi connectivity index (χ2n) is 10.4. The van der Waals surface area contributed by atoms with Crippen LogP contribution in [0.15, 0.2) is 22.7 Å². The molecule has 0 aliphatic carbocycles. The highest BCUT2D eigenvalue weighted by molar-refractivity contribution is 6.33. The maximum atomic E-state index is 12.1. The number of nitrogens with one attached hydrogen (secondary N) is 1. The number of piperidine rings is 1. The highest BCUT2D eigenvalue weighted by atomic mass is 35.5. The minimum atomic E-state index is -0.648. The van der Waals surface area contributed by atoms with Crippen LogP contribution in [0.25, 0.3) is 22.6 Å². The summed E-state index contributed by atoms with van der Waals surface area (Å²) in [5.41, 5.74) is 4.84. The number of rotatable bonds is 9. The number of aliphatic hydroxyl groups is 1. The van der Waals surface area contributed by atoms with Crippen molar-refractivity contribution >= 4 is 17.7 Å². The summed E-state index contributed by atoms with van der Waals surface area (Å²) in [5, 5.41) is 17.6. The summed E-state index contributed by atoms with van der Waals surface area (Å²) in [6.45, 7) is 9.04. The molecule has 40 heavy (non-hydrogen) atoms. The predicted octanol–water partition coefficient (Wildman–Crippen LogP) is 4.75. The highest BCUT2D eigenvalue weighted by Crippen LogP contribution is 2.36. The van der Waals surface area contributed by atoms with Crippen LogP contribution in [-0.4, -0.2) is 77.2 Å². The quantitative estimate of drug-likeness (QED) is 0.374. The van der Waals surface area contributed by atoms with Crippen LogP contribution in [0.3, 0.4) is 0 Å². The zero-order valence-corrected chi connectivity index (χ0v) is 24.7. The minimum absolute atomic E-state index is 0.0661. The molecule has 2 aromatic heterocycles. The fourth-order valence-corrected chi connectivity index (χ4v) is 5.52. The number of methoxy groups -OCH3 is 1. The standard InChI is InChI=1S/C29H38ClN5O5/c1-16-11-20(9-10-35(16)29(37)38-6)12-25-17(2)27(26-18(3)34-40-19(26)4)33-28(32-25)23-13-22(7-8-24(23)30)39-15-21(36)14-31-5/h7-8,13,16,20-21,31,36H,9-12,14-15H2,1-6H3/t16-,20+,21+/m0/s1.